The highest BCUT2D eigenvalue weighted by atomic mass is 19.1. The number of rotatable bonds is 3. The van der Waals surface area contributed by atoms with Crippen molar-refractivity contribution in [2.24, 2.45) is 0 Å². The lowest BCUT2D eigenvalue weighted by atomic mass is 10.1. The molecule has 0 aliphatic rings. The molecule has 2 rings (SSSR count). The molecule has 0 heterocycles. The third-order valence-corrected chi connectivity index (χ3v) is 2.52. The standard InChI is InChI=1S/C14H11F2NO2/c1-8(18)11-4-3-10(7-13(11)17)19-14-5-2-9(15)6-12(14)16/h2-7H,17H2,1H3. The molecule has 5 heteroatoms. The fourth-order valence-corrected chi connectivity index (χ4v) is 1.61. The minimum Gasteiger partial charge on any atom is -0.454 e. The van der Waals surface area contributed by atoms with Crippen LogP contribution in [0.1, 0.15) is 17.3 Å². The summed E-state index contributed by atoms with van der Waals surface area (Å²) in [5.41, 5.74) is 6.29. The zero-order chi connectivity index (χ0) is 14.0. The average molecular weight is 263 g/mol. The van der Waals surface area contributed by atoms with E-state index >= 15 is 0 Å². The Morgan fingerprint density at radius 3 is 2.47 bits per heavy atom. The van der Waals surface area contributed by atoms with E-state index < -0.39 is 11.6 Å². The Balaban J connectivity index is 2.29. The van der Waals surface area contributed by atoms with Gasteiger partial charge in [0.25, 0.3) is 0 Å². The Kier molecular flexibility index (Phi) is 3.46. The van der Waals surface area contributed by atoms with Gasteiger partial charge in [-0.15, -0.1) is 0 Å². The monoisotopic (exact) mass is 263 g/mol. The summed E-state index contributed by atoms with van der Waals surface area (Å²) in [5.74, 6) is -1.51. The molecule has 0 bridgehead atoms. The lowest BCUT2D eigenvalue weighted by Crippen LogP contribution is -2.00. The molecule has 0 atom stereocenters. The number of nitrogens with two attached hydrogens (primary N) is 1. The minimum absolute atomic E-state index is 0.114. The Hall–Kier alpha value is -2.43. The van der Waals surface area contributed by atoms with Gasteiger partial charge >= 0.3 is 0 Å². The van der Waals surface area contributed by atoms with Gasteiger partial charge in [0.2, 0.25) is 0 Å². The van der Waals surface area contributed by atoms with E-state index in [2.05, 4.69) is 0 Å². The van der Waals surface area contributed by atoms with E-state index in [1.165, 1.54) is 31.2 Å². The molecule has 0 saturated carbocycles. The average Bonchev–Trinajstić information content (AvgIpc) is 2.32. The molecule has 0 aromatic heterocycles. The van der Waals surface area contributed by atoms with Gasteiger partial charge in [-0.05, 0) is 31.2 Å². The minimum atomic E-state index is -0.811. The SMILES string of the molecule is CC(=O)c1ccc(Oc2ccc(F)cc2F)cc1N. The zero-order valence-corrected chi connectivity index (χ0v) is 10.1. The maximum Gasteiger partial charge on any atom is 0.168 e. The van der Waals surface area contributed by atoms with Crippen molar-refractivity contribution >= 4 is 11.5 Å². The first-order valence-electron chi connectivity index (χ1n) is 5.51. The van der Waals surface area contributed by atoms with Crippen LogP contribution in [-0.4, -0.2) is 5.78 Å². The topological polar surface area (TPSA) is 52.3 Å². The van der Waals surface area contributed by atoms with E-state index in [4.69, 9.17) is 10.5 Å². The summed E-state index contributed by atoms with van der Waals surface area (Å²) in [6, 6.07) is 7.40. The number of carbonyl (C=O) groups is 1. The highest BCUT2D eigenvalue weighted by Gasteiger charge is 2.09. The van der Waals surface area contributed by atoms with Crippen LogP contribution in [-0.2, 0) is 0 Å². The predicted molar refractivity (Wildman–Crippen MR) is 67.3 cm³/mol. The lowest BCUT2D eigenvalue weighted by molar-refractivity contribution is 0.101. The number of carbonyl (C=O) groups excluding carboxylic acids is 1. The Bertz CT molecular complexity index is 641. The summed E-state index contributed by atoms with van der Waals surface area (Å²) in [7, 11) is 0. The molecule has 98 valence electrons. The van der Waals surface area contributed by atoms with Crippen molar-refractivity contribution in [1.29, 1.82) is 0 Å². The normalized spacial score (nSPS) is 10.3. The molecule has 0 spiro atoms. The van der Waals surface area contributed by atoms with Crippen LogP contribution in [0.5, 0.6) is 11.5 Å². The highest BCUT2D eigenvalue weighted by Crippen LogP contribution is 2.27. The fraction of sp³-hybridized carbons (Fsp3) is 0.0714. The Morgan fingerprint density at radius 2 is 1.89 bits per heavy atom. The van der Waals surface area contributed by atoms with E-state index in [1.807, 2.05) is 0 Å². The van der Waals surface area contributed by atoms with Crippen LogP contribution in [0.25, 0.3) is 0 Å². The molecule has 3 nitrogen and oxygen atoms in total. The van der Waals surface area contributed by atoms with Gasteiger partial charge in [0.15, 0.2) is 17.3 Å². The van der Waals surface area contributed by atoms with Gasteiger partial charge in [-0.2, -0.15) is 0 Å². The molecule has 0 aliphatic carbocycles. The van der Waals surface area contributed by atoms with Gasteiger partial charge in [0, 0.05) is 23.4 Å². The zero-order valence-electron chi connectivity index (χ0n) is 10.1. The first-order chi connectivity index (χ1) is 8.97. The van der Waals surface area contributed by atoms with Crippen LogP contribution < -0.4 is 10.5 Å². The molecule has 19 heavy (non-hydrogen) atoms. The molecular formula is C14H11F2NO2. The molecule has 0 unspecified atom stereocenters. The quantitative estimate of drug-likeness (QED) is 0.680. The number of anilines is 1. The summed E-state index contributed by atoms with van der Waals surface area (Å²) in [5, 5.41) is 0. The molecule has 0 saturated heterocycles. The number of Topliss-reactive ketones (excluding diaryl/α,β-unsaturated/α-hetero) is 1. The van der Waals surface area contributed by atoms with Crippen molar-refractivity contribution in [3.8, 4) is 11.5 Å². The largest absolute Gasteiger partial charge is 0.454 e. The summed E-state index contributed by atoms with van der Waals surface area (Å²) in [6.45, 7) is 1.39. The molecule has 0 aliphatic heterocycles. The van der Waals surface area contributed by atoms with E-state index in [1.54, 1.807) is 0 Å². The number of hydrogen-bond donors (Lipinski definition) is 1. The number of benzene rings is 2. The first-order valence-corrected chi connectivity index (χ1v) is 5.51. The molecule has 0 radical (unpaired) electrons. The van der Waals surface area contributed by atoms with Gasteiger partial charge in [-0.25, -0.2) is 8.78 Å². The van der Waals surface area contributed by atoms with Crippen molar-refractivity contribution in [3.63, 3.8) is 0 Å². The van der Waals surface area contributed by atoms with E-state index in [-0.39, 0.29) is 23.0 Å². The number of hydrogen-bond acceptors (Lipinski definition) is 3. The van der Waals surface area contributed by atoms with E-state index in [0.29, 0.717) is 5.56 Å². The van der Waals surface area contributed by atoms with E-state index in [9.17, 15) is 13.6 Å². The summed E-state index contributed by atoms with van der Waals surface area (Å²) >= 11 is 0. The van der Waals surface area contributed by atoms with Gasteiger partial charge in [-0.3, -0.25) is 4.79 Å². The Morgan fingerprint density at radius 1 is 1.16 bits per heavy atom. The maximum atomic E-state index is 13.4. The van der Waals surface area contributed by atoms with Crippen molar-refractivity contribution in [2.75, 3.05) is 5.73 Å². The smallest absolute Gasteiger partial charge is 0.168 e. The second-order valence-electron chi connectivity index (χ2n) is 3.98. The van der Waals surface area contributed by atoms with Crippen molar-refractivity contribution in [3.05, 3.63) is 53.6 Å². The van der Waals surface area contributed by atoms with Gasteiger partial charge < -0.3 is 10.5 Å². The van der Waals surface area contributed by atoms with Crippen LogP contribution in [0.3, 0.4) is 0 Å². The first kappa shape index (κ1) is 13.0. The summed E-state index contributed by atoms with van der Waals surface area (Å²) in [6.07, 6.45) is 0. The van der Waals surface area contributed by atoms with Gasteiger partial charge in [-0.1, -0.05) is 0 Å². The number of ketones is 1. The Labute approximate surface area is 108 Å². The van der Waals surface area contributed by atoms with Crippen LogP contribution in [0.2, 0.25) is 0 Å². The van der Waals surface area contributed by atoms with Crippen LogP contribution in [0.15, 0.2) is 36.4 Å². The van der Waals surface area contributed by atoms with Gasteiger partial charge in [0.05, 0.1) is 0 Å². The number of halogens is 2. The molecule has 0 amide bonds. The second-order valence-corrected chi connectivity index (χ2v) is 3.98. The predicted octanol–water partition coefficient (Wildman–Crippen LogP) is 3.54. The van der Waals surface area contributed by atoms with E-state index in [0.717, 1.165) is 12.1 Å². The molecule has 2 aromatic carbocycles. The summed E-state index contributed by atoms with van der Waals surface area (Å²) in [4.78, 5) is 11.2. The summed E-state index contributed by atoms with van der Waals surface area (Å²) < 4.78 is 31.4. The molecule has 2 aromatic rings. The molecule has 2 N–H and O–H groups in total. The third kappa shape index (κ3) is 2.88. The van der Waals surface area contributed by atoms with Crippen LogP contribution in [0.4, 0.5) is 14.5 Å². The highest BCUT2D eigenvalue weighted by molar-refractivity contribution is 5.99. The maximum absolute atomic E-state index is 13.4. The molecular weight excluding hydrogens is 252 g/mol. The van der Waals surface area contributed by atoms with Crippen molar-refractivity contribution in [2.45, 2.75) is 6.92 Å². The van der Waals surface area contributed by atoms with Crippen molar-refractivity contribution in [1.82, 2.24) is 0 Å². The second kappa shape index (κ2) is 5.06. The number of nitrogen functional groups attached to an aromatic ring is 1. The number of ether oxygens (including phenoxy) is 1. The molecule has 0 fully saturated rings. The van der Waals surface area contributed by atoms with Crippen LogP contribution >= 0.6 is 0 Å². The van der Waals surface area contributed by atoms with Crippen molar-refractivity contribution < 1.29 is 18.3 Å². The van der Waals surface area contributed by atoms with Crippen LogP contribution in [0, 0.1) is 11.6 Å². The van der Waals surface area contributed by atoms with Gasteiger partial charge in [0.1, 0.15) is 11.6 Å². The third-order valence-electron chi connectivity index (χ3n) is 2.52. The lowest BCUT2D eigenvalue weighted by Gasteiger charge is -2.09. The fourth-order valence-electron chi connectivity index (χ4n) is 1.61.